The predicted octanol–water partition coefficient (Wildman–Crippen LogP) is 1.59. The van der Waals surface area contributed by atoms with E-state index in [1.54, 1.807) is 13.0 Å². The minimum absolute atomic E-state index is 0.396. The third-order valence-corrected chi connectivity index (χ3v) is 2.24. The Kier molecular flexibility index (Phi) is 2.92. The van der Waals surface area contributed by atoms with Gasteiger partial charge in [0.25, 0.3) is 0 Å². The maximum atomic E-state index is 11.3. The zero-order valence-electron chi connectivity index (χ0n) is 8.93. The molecule has 84 valence electrons. The molecule has 4 nitrogen and oxygen atoms in total. The fourth-order valence-corrected chi connectivity index (χ4v) is 1.52. The summed E-state index contributed by atoms with van der Waals surface area (Å²) >= 11 is 0. The van der Waals surface area contributed by atoms with E-state index in [-0.39, 0.29) is 0 Å². The molecule has 0 amide bonds. The number of fused-ring (bicyclic) bond motifs is 1. The van der Waals surface area contributed by atoms with Crippen LogP contribution in [-0.4, -0.2) is 17.8 Å². The summed E-state index contributed by atoms with van der Waals surface area (Å²) in [5.74, 6) is 0. The van der Waals surface area contributed by atoms with Crippen molar-refractivity contribution in [2.24, 2.45) is 0 Å². The first-order valence-corrected chi connectivity index (χ1v) is 5.11. The van der Waals surface area contributed by atoms with Crippen LogP contribution in [0.25, 0.3) is 11.0 Å². The van der Waals surface area contributed by atoms with Crippen LogP contribution in [0.5, 0.6) is 0 Å². The Balaban J connectivity index is 2.46. The number of hydrogen-bond acceptors (Lipinski definition) is 4. The molecule has 16 heavy (non-hydrogen) atoms. The van der Waals surface area contributed by atoms with E-state index in [1.807, 2.05) is 18.2 Å². The quantitative estimate of drug-likeness (QED) is 0.769. The van der Waals surface area contributed by atoms with Crippen molar-refractivity contribution < 1.29 is 9.52 Å². The largest absolute Gasteiger partial charge is 0.423 e. The third-order valence-electron chi connectivity index (χ3n) is 2.24. The van der Waals surface area contributed by atoms with Gasteiger partial charge in [-0.3, -0.25) is 0 Å². The van der Waals surface area contributed by atoms with E-state index >= 15 is 0 Å². The second-order valence-corrected chi connectivity index (χ2v) is 3.71. The minimum atomic E-state index is -0.467. The summed E-state index contributed by atoms with van der Waals surface area (Å²) in [7, 11) is 0. The van der Waals surface area contributed by atoms with E-state index in [0.717, 1.165) is 5.39 Å². The van der Waals surface area contributed by atoms with Crippen molar-refractivity contribution in [3.63, 3.8) is 0 Å². The molecule has 1 atom stereocenters. The molecule has 0 saturated carbocycles. The smallest absolute Gasteiger partial charge is 0.338 e. The zero-order valence-corrected chi connectivity index (χ0v) is 8.93. The molecule has 0 aliphatic heterocycles. The molecule has 0 radical (unpaired) electrons. The fourth-order valence-electron chi connectivity index (χ4n) is 1.52. The molecule has 1 aromatic heterocycles. The Hall–Kier alpha value is -1.81. The van der Waals surface area contributed by atoms with Gasteiger partial charge in [0.1, 0.15) is 5.58 Å². The van der Waals surface area contributed by atoms with Gasteiger partial charge < -0.3 is 14.8 Å². The zero-order chi connectivity index (χ0) is 11.5. The van der Waals surface area contributed by atoms with E-state index in [9.17, 15) is 9.90 Å². The Morgan fingerprint density at radius 2 is 2.19 bits per heavy atom. The van der Waals surface area contributed by atoms with Gasteiger partial charge >= 0.3 is 5.63 Å². The average molecular weight is 219 g/mol. The van der Waals surface area contributed by atoms with Crippen LogP contribution in [0, 0.1) is 0 Å². The first kappa shape index (κ1) is 10.7. The lowest BCUT2D eigenvalue weighted by Gasteiger charge is -2.09. The Morgan fingerprint density at radius 3 is 2.94 bits per heavy atom. The Bertz CT molecular complexity index is 545. The van der Waals surface area contributed by atoms with Crippen LogP contribution in [0.3, 0.4) is 0 Å². The van der Waals surface area contributed by atoms with Crippen LogP contribution in [0.15, 0.2) is 39.5 Å². The second-order valence-electron chi connectivity index (χ2n) is 3.71. The molecule has 4 heteroatoms. The maximum absolute atomic E-state index is 11.3. The molecule has 2 rings (SSSR count). The summed E-state index contributed by atoms with van der Waals surface area (Å²) in [4.78, 5) is 11.3. The molecule has 0 spiro atoms. The van der Waals surface area contributed by atoms with E-state index < -0.39 is 11.7 Å². The molecule has 0 bridgehead atoms. The van der Waals surface area contributed by atoms with Crippen molar-refractivity contribution in [1.29, 1.82) is 0 Å². The summed E-state index contributed by atoms with van der Waals surface area (Å²) < 4.78 is 5.05. The van der Waals surface area contributed by atoms with E-state index in [2.05, 4.69) is 5.32 Å². The lowest BCUT2D eigenvalue weighted by atomic mass is 10.2. The second kappa shape index (κ2) is 4.37. The van der Waals surface area contributed by atoms with Gasteiger partial charge in [0.15, 0.2) is 0 Å². The highest BCUT2D eigenvalue weighted by Crippen LogP contribution is 2.20. The number of anilines is 1. The van der Waals surface area contributed by atoms with E-state index in [0.29, 0.717) is 17.8 Å². The SMILES string of the molecule is C[C@H](O)CNc1cc(=O)oc2ccccc12. The highest BCUT2D eigenvalue weighted by atomic mass is 16.4. The molecule has 2 aromatic rings. The van der Waals surface area contributed by atoms with Crippen molar-refractivity contribution in [3.05, 3.63) is 40.8 Å². The van der Waals surface area contributed by atoms with Gasteiger partial charge in [-0.15, -0.1) is 0 Å². The highest BCUT2D eigenvalue weighted by Gasteiger charge is 2.04. The molecule has 1 heterocycles. The molecular formula is C12H13NO3. The van der Waals surface area contributed by atoms with Crippen molar-refractivity contribution in [2.75, 3.05) is 11.9 Å². The number of rotatable bonds is 3. The van der Waals surface area contributed by atoms with Crippen LogP contribution in [0.2, 0.25) is 0 Å². The first-order chi connectivity index (χ1) is 7.66. The van der Waals surface area contributed by atoms with Crippen LogP contribution in [0.4, 0.5) is 5.69 Å². The Morgan fingerprint density at radius 1 is 1.44 bits per heavy atom. The summed E-state index contributed by atoms with van der Waals surface area (Å²) in [6.45, 7) is 2.08. The molecule has 2 N–H and O–H groups in total. The van der Waals surface area contributed by atoms with Gasteiger partial charge in [-0.25, -0.2) is 4.79 Å². The number of benzene rings is 1. The maximum Gasteiger partial charge on any atom is 0.338 e. The predicted molar refractivity (Wildman–Crippen MR) is 62.7 cm³/mol. The minimum Gasteiger partial charge on any atom is -0.423 e. The lowest BCUT2D eigenvalue weighted by Crippen LogP contribution is -2.16. The topological polar surface area (TPSA) is 62.5 Å². The van der Waals surface area contributed by atoms with Crippen LogP contribution in [-0.2, 0) is 0 Å². The van der Waals surface area contributed by atoms with Gasteiger partial charge in [-0.05, 0) is 19.1 Å². The molecule has 0 aliphatic carbocycles. The molecule has 0 unspecified atom stereocenters. The molecule has 1 aromatic carbocycles. The monoisotopic (exact) mass is 219 g/mol. The summed E-state index contributed by atoms with van der Waals surface area (Å²) in [6, 6.07) is 8.68. The first-order valence-electron chi connectivity index (χ1n) is 5.11. The van der Waals surface area contributed by atoms with Gasteiger partial charge in [-0.1, -0.05) is 12.1 Å². The molecule has 0 saturated heterocycles. The highest BCUT2D eigenvalue weighted by molar-refractivity contribution is 5.89. The number of para-hydroxylation sites is 1. The number of hydrogen-bond donors (Lipinski definition) is 2. The third kappa shape index (κ3) is 2.23. The summed E-state index contributed by atoms with van der Waals surface area (Å²) in [5.41, 5.74) is 0.836. The van der Waals surface area contributed by atoms with Crippen molar-refractivity contribution in [3.8, 4) is 0 Å². The lowest BCUT2D eigenvalue weighted by molar-refractivity contribution is 0.208. The summed E-state index contributed by atoms with van der Waals surface area (Å²) in [5, 5.41) is 13.0. The van der Waals surface area contributed by atoms with Crippen LogP contribution in [0.1, 0.15) is 6.92 Å². The number of aliphatic hydroxyl groups excluding tert-OH is 1. The van der Waals surface area contributed by atoms with Gasteiger partial charge in [-0.2, -0.15) is 0 Å². The number of nitrogens with one attached hydrogen (secondary N) is 1. The van der Waals surface area contributed by atoms with E-state index in [1.165, 1.54) is 6.07 Å². The molecule has 0 fully saturated rings. The van der Waals surface area contributed by atoms with Gasteiger partial charge in [0.05, 0.1) is 11.8 Å². The van der Waals surface area contributed by atoms with Crippen molar-refractivity contribution in [1.82, 2.24) is 0 Å². The fraction of sp³-hybridized carbons (Fsp3) is 0.250. The van der Waals surface area contributed by atoms with Gasteiger partial charge in [0.2, 0.25) is 0 Å². The van der Waals surface area contributed by atoms with Crippen molar-refractivity contribution >= 4 is 16.7 Å². The standard InChI is InChI=1S/C12H13NO3/c1-8(14)7-13-10-6-12(15)16-11-5-3-2-4-9(10)11/h2-6,8,13-14H,7H2,1H3/t8-/m0/s1. The van der Waals surface area contributed by atoms with Crippen LogP contribution < -0.4 is 10.9 Å². The van der Waals surface area contributed by atoms with Crippen molar-refractivity contribution in [2.45, 2.75) is 13.0 Å². The van der Waals surface area contributed by atoms with E-state index in [4.69, 9.17) is 4.42 Å². The van der Waals surface area contributed by atoms with Gasteiger partial charge in [0, 0.05) is 18.0 Å². The van der Waals surface area contributed by atoms with Crippen LogP contribution >= 0.6 is 0 Å². The summed E-state index contributed by atoms with van der Waals surface area (Å²) in [6.07, 6.45) is -0.467. The number of aliphatic hydroxyl groups is 1. The Labute approximate surface area is 92.5 Å². The average Bonchev–Trinajstić information content (AvgIpc) is 2.25. The normalized spacial score (nSPS) is 12.6. The molecule has 0 aliphatic rings. The molecular weight excluding hydrogens is 206 g/mol.